The summed E-state index contributed by atoms with van der Waals surface area (Å²) in [5, 5.41) is 1.38. The van der Waals surface area contributed by atoms with Crippen molar-refractivity contribution in [2.24, 2.45) is 0 Å². The van der Waals surface area contributed by atoms with Crippen molar-refractivity contribution < 1.29 is 13.2 Å². The molecule has 1 aliphatic rings. The van der Waals surface area contributed by atoms with Gasteiger partial charge in [-0.1, -0.05) is 17.7 Å². The molecule has 4 aromatic rings. The normalized spacial score (nSPS) is 15.0. The molecule has 4 heterocycles. The lowest BCUT2D eigenvalue weighted by Crippen LogP contribution is -2.49. The number of aromatic nitrogens is 3. The summed E-state index contributed by atoms with van der Waals surface area (Å²) in [6, 6.07) is 12.7. The van der Waals surface area contributed by atoms with Crippen molar-refractivity contribution in [1.82, 2.24) is 19.3 Å². The molecule has 0 aliphatic carbocycles. The number of pyridine rings is 1. The van der Waals surface area contributed by atoms with Gasteiger partial charge in [0.1, 0.15) is 16.5 Å². The molecule has 0 atom stereocenters. The summed E-state index contributed by atoms with van der Waals surface area (Å²) in [4.78, 5) is 23.9. The average molecular weight is 472 g/mol. The number of H-pyrrole nitrogens is 1. The Morgan fingerprint density at radius 3 is 2.72 bits per heavy atom. The van der Waals surface area contributed by atoms with Crippen LogP contribution in [0.5, 0.6) is 0 Å². The first kappa shape index (κ1) is 20.8. The second-order valence-corrected chi connectivity index (χ2v) is 10.4. The lowest BCUT2D eigenvalue weighted by atomic mass is 10.2. The molecule has 1 aromatic carbocycles. The maximum atomic E-state index is 12.8. The quantitative estimate of drug-likeness (QED) is 0.483. The third-order valence-corrected chi connectivity index (χ3v) is 7.71. The van der Waals surface area contributed by atoms with E-state index >= 15 is 0 Å². The summed E-state index contributed by atoms with van der Waals surface area (Å²) in [5.74, 6) is 0.655. The van der Waals surface area contributed by atoms with Gasteiger partial charge in [-0.3, -0.25) is 9.20 Å². The molecule has 5 rings (SSSR count). The lowest BCUT2D eigenvalue weighted by molar-refractivity contribution is -0.131. The monoisotopic (exact) mass is 471 g/mol. The number of rotatable bonds is 5. The molecule has 1 amide bonds. The van der Waals surface area contributed by atoms with E-state index in [2.05, 4.69) is 14.9 Å². The number of carbonyl (C=O) groups excluding carboxylic acids is 1. The highest BCUT2D eigenvalue weighted by molar-refractivity contribution is 7.91. The third kappa shape index (κ3) is 3.93. The van der Waals surface area contributed by atoms with Crippen LogP contribution in [0, 0.1) is 0 Å². The van der Waals surface area contributed by atoms with E-state index in [4.69, 9.17) is 11.6 Å². The van der Waals surface area contributed by atoms with Crippen molar-refractivity contribution in [3.05, 3.63) is 59.9 Å². The molecule has 0 bridgehead atoms. The Labute approximate surface area is 190 Å². The fourth-order valence-electron chi connectivity index (χ4n) is 4.11. The predicted molar refractivity (Wildman–Crippen MR) is 124 cm³/mol. The lowest BCUT2D eigenvalue weighted by Gasteiger charge is -2.36. The van der Waals surface area contributed by atoms with E-state index in [9.17, 15) is 13.2 Å². The van der Waals surface area contributed by atoms with E-state index in [0.29, 0.717) is 36.7 Å². The first-order valence-corrected chi connectivity index (χ1v) is 12.4. The Balaban J connectivity index is 1.21. The van der Waals surface area contributed by atoms with Crippen molar-refractivity contribution in [2.45, 2.75) is 11.4 Å². The van der Waals surface area contributed by atoms with Crippen LogP contribution >= 0.6 is 11.6 Å². The minimum atomic E-state index is -3.61. The van der Waals surface area contributed by atoms with Crippen molar-refractivity contribution >= 4 is 49.7 Å². The molecule has 0 unspecified atom stereocenters. The van der Waals surface area contributed by atoms with E-state index < -0.39 is 9.84 Å². The molecule has 166 valence electrons. The number of imidazole rings is 1. The van der Waals surface area contributed by atoms with Gasteiger partial charge in [-0.25, -0.2) is 13.4 Å². The fraction of sp³-hybridized carbons (Fsp3) is 0.273. The van der Waals surface area contributed by atoms with Crippen molar-refractivity contribution in [3.8, 4) is 0 Å². The topological polar surface area (TPSA) is 90.8 Å². The maximum Gasteiger partial charge on any atom is 0.223 e. The number of hydrogen-bond donors (Lipinski definition) is 1. The second kappa shape index (κ2) is 8.14. The second-order valence-electron chi connectivity index (χ2n) is 7.84. The fourth-order valence-corrected chi connectivity index (χ4v) is 5.53. The van der Waals surface area contributed by atoms with Gasteiger partial charge in [-0.2, -0.15) is 0 Å². The van der Waals surface area contributed by atoms with E-state index in [0.717, 1.165) is 16.9 Å². The van der Waals surface area contributed by atoms with Crippen LogP contribution in [0.25, 0.3) is 16.6 Å². The smallest absolute Gasteiger partial charge is 0.223 e. The third-order valence-electron chi connectivity index (χ3n) is 5.84. The van der Waals surface area contributed by atoms with Gasteiger partial charge < -0.3 is 14.8 Å². The number of piperazine rings is 1. The molecule has 0 saturated carbocycles. The standard InChI is InChI=1S/C22H22ClN5O3S/c23-17-4-5-18-16(14-17)15-20(25-18)32(30,31)13-6-22(29)27-11-9-26(10-12-27)21-3-1-2-19-24-7-8-28(19)21/h1-5,7-8,14-15,25H,6,9-13H2. The highest BCUT2D eigenvalue weighted by Crippen LogP contribution is 2.24. The van der Waals surface area contributed by atoms with E-state index in [1.54, 1.807) is 35.4 Å². The predicted octanol–water partition coefficient (Wildman–Crippen LogP) is 2.98. The maximum absolute atomic E-state index is 12.8. The minimum Gasteiger partial charge on any atom is -0.354 e. The zero-order valence-corrected chi connectivity index (χ0v) is 18.8. The zero-order valence-electron chi connectivity index (χ0n) is 17.2. The number of hydrogen-bond acceptors (Lipinski definition) is 5. The summed E-state index contributed by atoms with van der Waals surface area (Å²) < 4.78 is 27.5. The molecule has 8 nitrogen and oxygen atoms in total. The van der Waals surface area contributed by atoms with Crippen molar-refractivity contribution in [2.75, 3.05) is 36.8 Å². The Morgan fingerprint density at radius 2 is 1.91 bits per heavy atom. The Bertz CT molecular complexity index is 1400. The van der Waals surface area contributed by atoms with Crippen LogP contribution in [-0.2, 0) is 14.6 Å². The number of nitrogens with one attached hydrogen (secondary N) is 1. The number of benzene rings is 1. The molecule has 3 aromatic heterocycles. The molecular formula is C22H22ClN5O3S. The Hall–Kier alpha value is -3.04. The summed E-state index contributed by atoms with van der Waals surface area (Å²) in [6.07, 6.45) is 3.64. The number of nitrogens with zero attached hydrogens (tertiary/aromatic N) is 4. The number of amides is 1. The van der Waals surface area contributed by atoms with Crippen molar-refractivity contribution in [1.29, 1.82) is 0 Å². The van der Waals surface area contributed by atoms with Crippen LogP contribution in [-0.4, -0.2) is 65.5 Å². The summed E-state index contributed by atoms with van der Waals surface area (Å²) in [7, 11) is -3.61. The highest BCUT2D eigenvalue weighted by atomic mass is 35.5. The first-order valence-electron chi connectivity index (χ1n) is 10.4. The van der Waals surface area contributed by atoms with Gasteiger partial charge in [0.15, 0.2) is 9.84 Å². The number of carbonyl (C=O) groups is 1. The van der Waals surface area contributed by atoms with Gasteiger partial charge in [0.2, 0.25) is 5.91 Å². The van der Waals surface area contributed by atoms with E-state index in [1.165, 1.54) is 0 Å². The van der Waals surface area contributed by atoms with Gasteiger partial charge in [-0.15, -0.1) is 0 Å². The van der Waals surface area contributed by atoms with E-state index in [-0.39, 0.29) is 23.1 Å². The average Bonchev–Trinajstić information content (AvgIpc) is 3.44. The first-order chi connectivity index (χ1) is 15.4. The molecule has 0 radical (unpaired) electrons. The molecular weight excluding hydrogens is 450 g/mol. The minimum absolute atomic E-state index is 0.0461. The summed E-state index contributed by atoms with van der Waals surface area (Å²) >= 11 is 5.98. The van der Waals surface area contributed by atoms with Gasteiger partial charge >= 0.3 is 0 Å². The number of halogens is 1. The van der Waals surface area contributed by atoms with Crippen molar-refractivity contribution in [3.63, 3.8) is 0 Å². The van der Waals surface area contributed by atoms with Crippen LogP contribution in [0.1, 0.15) is 6.42 Å². The molecule has 10 heteroatoms. The van der Waals surface area contributed by atoms with Crippen LogP contribution in [0.3, 0.4) is 0 Å². The number of fused-ring (bicyclic) bond motifs is 2. The van der Waals surface area contributed by atoms with Gasteiger partial charge in [-0.05, 0) is 36.4 Å². The van der Waals surface area contributed by atoms with Gasteiger partial charge in [0.25, 0.3) is 0 Å². The van der Waals surface area contributed by atoms with Gasteiger partial charge in [0, 0.05) is 60.9 Å². The Morgan fingerprint density at radius 1 is 1.09 bits per heavy atom. The molecule has 1 saturated heterocycles. The van der Waals surface area contributed by atoms with Crippen LogP contribution < -0.4 is 4.90 Å². The SMILES string of the molecule is O=C(CCS(=O)(=O)c1cc2cc(Cl)ccc2[nH]1)N1CCN(c2cccc3nccn23)CC1. The molecule has 1 fully saturated rings. The van der Waals surface area contributed by atoms with E-state index in [1.807, 2.05) is 28.8 Å². The highest BCUT2D eigenvalue weighted by Gasteiger charge is 2.25. The van der Waals surface area contributed by atoms with Crippen LogP contribution in [0.4, 0.5) is 5.82 Å². The molecule has 32 heavy (non-hydrogen) atoms. The number of aromatic amines is 1. The number of sulfone groups is 1. The Kier molecular flexibility index (Phi) is 5.30. The van der Waals surface area contributed by atoms with Crippen LogP contribution in [0.15, 0.2) is 59.9 Å². The summed E-state index contributed by atoms with van der Waals surface area (Å²) in [6.45, 7) is 2.46. The molecule has 1 N–H and O–H groups in total. The molecule has 0 spiro atoms. The molecule has 1 aliphatic heterocycles. The van der Waals surface area contributed by atoms with Crippen LogP contribution in [0.2, 0.25) is 5.02 Å². The zero-order chi connectivity index (χ0) is 22.3. The summed E-state index contributed by atoms with van der Waals surface area (Å²) in [5.41, 5.74) is 1.58. The van der Waals surface area contributed by atoms with Gasteiger partial charge in [0.05, 0.1) is 5.75 Å². The largest absolute Gasteiger partial charge is 0.354 e. The number of anilines is 1.